The van der Waals surface area contributed by atoms with Gasteiger partial charge in [-0.3, -0.25) is 0 Å². The summed E-state index contributed by atoms with van der Waals surface area (Å²) in [4.78, 5) is 0. The highest BCUT2D eigenvalue weighted by molar-refractivity contribution is 5.00. The molecule has 0 aliphatic heterocycles. The Balaban J connectivity index is 1.60. The molecule has 0 spiro atoms. The molecule has 0 heterocycles. The van der Waals surface area contributed by atoms with Crippen molar-refractivity contribution in [2.45, 2.75) is 70.3 Å². The molecule has 2 atom stereocenters. The molecule has 0 amide bonds. The molecule has 0 aromatic carbocycles. The van der Waals surface area contributed by atoms with E-state index >= 15 is 0 Å². The van der Waals surface area contributed by atoms with Crippen LogP contribution >= 0.6 is 0 Å². The van der Waals surface area contributed by atoms with Crippen molar-refractivity contribution in [1.82, 2.24) is 5.32 Å². The quantitative estimate of drug-likeness (QED) is 0.740. The van der Waals surface area contributed by atoms with Crippen LogP contribution in [0.2, 0.25) is 0 Å². The Hall–Kier alpha value is -0.0800. The molecule has 3 fully saturated rings. The molecular weight excluding hydrogens is 232 g/mol. The SMILES string of the molecule is CCC1CCCCC1(CN)NCC(C1CC1)C1CC1. The number of hydrogen-bond donors (Lipinski definition) is 2. The molecule has 3 N–H and O–H groups in total. The van der Waals surface area contributed by atoms with Gasteiger partial charge in [-0.15, -0.1) is 0 Å². The van der Waals surface area contributed by atoms with E-state index in [4.69, 9.17) is 5.73 Å². The standard InChI is InChI=1S/C17H32N2/c1-2-15-5-3-4-10-17(15,12-18)19-11-16(13-6-7-13)14-8-9-14/h13-16,19H,2-12,18H2,1H3. The van der Waals surface area contributed by atoms with Crippen LogP contribution in [-0.2, 0) is 0 Å². The van der Waals surface area contributed by atoms with Crippen LogP contribution in [0, 0.1) is 23.7 Å². The van der Waals surface area contributed by atoms with Gasteiger partial charge in [-0.2, -0.15) is 0 Å². The predicted molar refractivity (Wildman–Crippen MR) is 81.0 cm³/mol. The lowest BCUT2D eigenvalue weighted by atomic mass is 9.71. The van der Waals surface area contributed by atoms with E-state index in [0.29, 0.717) is 0 Å². The van der Waals surface area contributed by atoms with Gasteiger partial charge in [0.2, 0.25) is 0 Å². The monoisotopic (exact) mass is 264 g/mol. The Kier molecular flexibility index (Phi) is 4.19. The van der Waals surface area contributed by atoms with Gasteiger partial charge in [0.05, 0.1) is 0 Å². The fraction of sp³-hybridized carbons (Fsp3) is 1.00. The van der Waals surface area contributed by atoms with E-state index in [9.17, 15) is 0 Å². The Morgan fingerprint density at radius 1 is 1.11 bits per heavy atom. The van der Waals surface area contributed by atoms with Crippen LogP contribution in [0.4, 0.5) is 0 Å². The predicted octanol–water partition coefficient (Wildman–Crippen LogP) is 3.31. The second kappa shape index (κ2) is 5.73. The van der Waals surface area contributed by atoms with Gasteiger partial charge in [-0.05, 0) is 68.7 Å². The number of nitrogens with two attached hydrogens (primary N) is 1. The van der Waals surface area contributed by atoms with Crippen LogP contribution in [0.5, 0.6) is 0 Å². The van der Waals surface area contributed by atoms with Gasteiger partial charge >= 0.3 is 0 Å². The topological polar surface area (TPSA) is 38.0 Å². The van der Waals surface area contributed by atoms with Gasteiger partial charge in [-0.25, -0.2) is 0 Å². The highest BCUT2D eigenvalue weighted by Gasteiger charge is 2.44. The van der Waals surface area contributed by atoms with Crippen LogP contribution in [0.3, 0.4) is 0 Å². The summed E-state index contributed by atoms with van der Waals surface area (Å²) < 4.78 is 0. The van der Waals surface area contributed by atoms with E-state index in [-0.39, 0.29) is 5.54 Å². The summed E-state index contributed by atoms with van der Waals surface area (Å²) in [5.74, 6) is 3.89. The van der Waals surface area contributed by atoms with Gasteiger partial charge in [-0.1, -0.05) is 26.2 Å². The highest BCUT2D eigenvalue weighted by atomic mass is 15.0. The molecule has 2 heteroatoms. The molecule has 0 aromatic rings. The van der Waals surface area contributed by atoms with Crippen molar-refractivity contribution in [2.24, 2.45) is 29.4 Å². The van der Waals surface area contributed by atoms with Gasteiger partial charge in [0.25, 0.3) is 0 Å². The molecule has 2 nitrogen and oxygen atoms in total. The van der Waals surface area contributed by atoms with E-state index in [2.05, 4.69) is 12.2 Å². The molecule has 0 saturated heterocycles. The third kappa shape index (κ3) is 3.00. The summed E-state index contributed by atoms with van der Waals surface area (Å²) in [5.41, 5.74) is 6.48. The van der Waals surface area contributed by atoms with E-state index < -0.39 is 0 Å². The molecule has 0 bridgehead atoms. The first-order valence-corrected chi connectivity index (χ1v) is 8.74. The van der Waals surface area contributed by atoms with Crippen molar-refractivity contribution in [3.05, 3.63) is 0 Å². The molecule has 3 rings (SSSR count). The van der Waals surface area contributed by atoms with Crippen LogP contribution in [-0.4, -0.2) is 18.6 Å². The summed E-state index contributed by atoms with van der Waals surface area (Å²) in [6.45, 7) is 4.44. The lowest BCUT2D eigenvalue weighted by Crippen LogP contribution is -2.59. The van der Waals surface area contributed by atoms with E-state index in [1.54, 1.807) is 0 Å². The van der Waals surface area contributed by atoms with Crippen LogP contribution < -0.4 is 11.1 Å². The number of rotatable bonds is 7. The smallest absolute Gasteiger partial charge is 0.0332 e. The Bertz CT molecular complexity index is 284. The third-order valence-corrected chi connectivity index (χ3v) is 6.21. The van der Waals surface area contributed by atoms with Crippen LogP contribution in [0.1, 0.15) is 64.7 Å². The molecule has 0 aromatic heterocycles. The summed E-state index contributed by atoms with van der Waals surface area (Å²) >= 11 is 0. The highest BCUT2D eigenvalue weighted by Crippen LogP contribution is 2.49. The minimum atomic E-state index is 0.273. The zero-order valence-electron chi connectivity index (χ0n) is 12.7. The Morgan fingerprint density at radius 3 is 2.32 bits per heavy atom. The van der Waals surface area contributed by atoms with Crippen molar-refractivity contribution in [3.63, 3.8) is 0 Å². The Labute approximate surface area is 118 Å². The maximum Gasteiger partial charge on any atom is 0.0332 e. The normalized spacial score (nSPS) is 35.8. The average Bonchev–Trinajstić information content (AvgIpc) is 3.32. The summed E-state index contributed by atoms with van der Waals surface area (Å²) in [6, 6.07) is 0. The molecular formula is C17H32N2. The van der Waals surface area contributed by atoms with Crippen LogP contribution in [0.25, 0.3) is 0 Å². The molecule has 110 valence electrons. The second-order valence-corrected chi connectivity index (χ2v) is 7.43. The van der Waals surface area contributed by atoms with Crippen molar-refractivity contribution in [3.8, 4) is 0 Å². The number of hydrogen-bond acceptors (Lipinski definition) is 2. The zero-order chi connectivity index (χ0) is 13.3. The van der Waals surface area contributed by atoms with E-state index in [0.717, 1.165) is 30.2 Å². The maximum absolute atomic E-state index is 6.21. The van der Waals surface area contributed by atoms with Crippen LogP contribution in [0.15, 0.2) is 0 Å². The third-order valence-electron chi connectivity index (χ3n) is 6.21. The first kappa shape index (κ1) is 13.9. The fourth-order valence-electron chi connectivity index (χ4n) is 4.57. The molecule has 3 aliphatic carbocycles. The minimum Gasteiger partial charge on any atom is -0.329 e. The van der Waals surface area contributed by atoms with Gasteiger partial charge < -0.3 is 11.1 Å². The van der Waals surface area contributed by atoms with E-state index in [1.165, 1.54) is 64.3 Å². The average molecular weight is 264 g/mol. The van der Waals surface area contributed by atoms with Crippen molar-refractivity contribution >= 4 is 0 Å². The second-order valence-electron chi connectivity index (χ2n) is 7.43. The van der Waals surface area contributed by atoms with Crippen molar-refractivity contribution in [1.29, 1.82) is 0 Å². The zero-order valence-corrected chi connectivity index (χ0v) is 12.7. The maximum atomic E-state index is 6.21. The molecule has 3 saturated carbocycles. The lowest BCUT2D eigenvalue weighted by molar-refractivity contribution is 0.132. The first-order valence-electron chi connectivity index (χ1n) is 8.74. The first-order chi connectivity index (χ1) is 9.29. The molecule has 0 radical (unpaired) electrons. The summed E-state index contributed by atoms with van der Waals surface area (Å²) in [7, 11) is 0. The van der Waals surface area contributed by atoms with Crippen molar-refractivity contribution < 1.29 is 0 Å². The largest absolute Gasteiger partial charge is 0.329 e. The van der Waals surface area contributed by atoms with Gasteiger partial charge in [0.15, 0.2) is 0 Å². The van der Waals surface area contributed by atoms with E-state index in [1.807, 2.05) is 0 Å². The number of nitrogens with one attached hydrogen (secondary N) is 1. The summed E-state index contributed by atoms with van der Waals surface area (Å²) in [6.07, 6.45) is 12.8. The molecule has 2 unspecified atom stereocenters. The van der Waals surface area contributed by atoms with Gasteiger partial charge in [0.1, 0.15) is 0 Å². The lowest BCUT2D eigenvalue weighted by Gasteiger charge is -2.45. The van der Waals surface area contributed by atoms with Gasteiger partial charge in [0, 0.05) is 12.1 Å². The minimum absolute atomic E-state index is 0.273. The molecule has 3 aliphatic rings. The summed E-state index contributed by atoms with van der Waals surface area (Å²) in [5, 5.41) is 4.00. The Morgan fingerprint density at radius 2 is 1.79 bits per heavy atom. The fourth-order valence-corrected chi connectivity index (χ4v) is 4.57. The van der Waals surface area contributed by atoms with Crippen molar-refractivity contribution in [2.75, 3.05) is 13.1 Å². The molecule has 19 heavy (non-hydrogen) atoms.